The maximum atomic E-state index is 14.3. The second-order valence-electron chi connectivity index (χ2n) is 10.1. The van der Waals surface area contributed by atoms with Crippen LogP contribution in [0.4, 0.5) is 5.69 Å². The van der Waals surface area contributed by atoms with Crippen molar-refractivity contribution in [2.45, 2.75) is 37.8 Å². The standard InChI is InChI=1S/C33H34ClN3O4S/c1-24-12-18-30(19-13-24)42(40,41)37(29-11-7-8-25(2)20-29)23-32(38)36(22-27-14-16-28(34)17-15-27)31(33(39)35-3)21-26-9-5-4-6-10-26/h4-20,31H,21-23H2,1-3H3,(H,35,39). The van der Waals surface area contributed by atoms with Gasteiger partial charge in [0.25, 0.3) is 10.0 Å². The van der Waals surface area contributed by atoms with Crippen molar-refractivity contribution >= 4 is 39.1 Å². The molecule has 4 rings (SSSR count). The van der Waals surface area contributed by atoms with E-state index in [9.17, 15) is 18.0 Å². The van der Waals surface area contributed by atoms with Crippen LogP contribution >= 0.6 is 11.6 Å². The average molecular weight is 604 g/mol. The Morgan fingerprint density at radius 3 is 2.10 bits per heavy atom. The van der Waals surface area contributed by atoms with E-state index in [0.29, 0.717) is 10.7 Å². The smallest absolute Gasteiger partial charge is 0.264 e. The summed E-state index contributed by atoms with van der Waals surface area (Å²) in [5, 5.41) is 3.22. The molecule has 0 heterocycles. The highest BCUT2D eigenvalue weighted by molar-refractivity contribution is 7.92. The molecule has 7 nitrogen and oxygen atoms in total. The molecule has 1 unspecified atom stereocenters. The minimum Gasteiger partial charge on any atom is -0.357 e. The van der Waals surface area contributed by atoms with Crippen LogP contribution in [0.3, 0.4) is 0 Å². The largest absolute Gasteiger partial charge is 0.357 e. The normalized spacial score (nSPS) is 11.9. The number of nitrogens with one attached hydrogen (secondary N) is 1. The average Bonchev–Trinajstić information content (AvgIpc) is 2.98. The number of carbonyl (C=O) groups excluding carboxylic acids is 2. The molecule has 1 atom stereocenters. The molecule has 218 valence electrons. The summed E-state index contributed by atoms with van der Waals surface area (Å²) in [7, 11) is -2.62. The molecule has 0 aromatic heterocycles. The van der Waals surface area contributed by atoms with Crippen molar-refractivity contribution < 1.29 is 18.0 Å². The van der Waals surface area contributed by atoms with E-state index in [4.69, 9.17) is 11.6 Å². The van der Waals surface area contributed by atoms with Gasteiger partial charge in [0.2, 0.25) is 11.8 Å². The van der Waals surface area contributed by atoms with Crippen LogP contribution in [0.5, 0.6) is 0 Å². The van der Waals surface area contributed by atoms with Gasteiger partial charge in [-0.3, -0.25) is 13.9 Å². The summed E-state index contributed by atoms with van der Waals surface area (Å²) < 4.78 is 29.2. The van der Waals surface area contributed by atoms with Gasteiger partial charge in [0.1, 0.15) is 12.6 Å². The van der Waals surface area contributed by atoms with E-state index in [-0.39, 0.29) is 23.8 Å². The Morgan fingerprint density at radius 2 is 1.48 bits per heavy atom. The fraction of sp³-hybridized carbons (Fsp3) is 0.212. The molecule has 0 saturated carbocycles. The number of likely N-dealkylation sites (N-methyl/N-ethyl adjacent to an activating group) is 1. The lowest BCUT2D eigenvalue weighted by molar-refractivity contribution is -0.139. The molecule has 2 amide bonds. The Labute approximate surface area is 252 Å². The van der Waals surface area contributed by atoms with E-state index in [1.54, 1.807) is 54.6 Å². The number of hydrogen-bond donors (Lipinski definition) is 1. The lowest BCUT2D eigenvalue weighted by Gasteiger charge is -2.33. The van der Waals surface area contributed by atoms with Gasteiger partial charge in [0, 0.05) is 25.0 Å². The molecular weight excluding hydrogens is 570 g/mol. The maximum absolute atomic E-state index is 14.3. The van der Waals surface area contributed by atoms with Crippen molar-refractivity contribution in [1.82, 2.24) is 10.2 Å². The summed E-state index contributed by atoms with van der Waals surface area (Å²) in [6, 6.07) is 29.0. The minimum atomic E-state index is -4.14. The Balaban J connectivity index is 1.78. The first kappa shape index (κ1) is 30.8. The van der Waals surface area contributed by atoms with E-state index in [2.05, 4.69) is 5.32 Å². The van der Waals surface area contributed by atoms with Gasteiger partial charge in [-0.05, 0) is 66.9 Å². The molecule has 9 heteroatoms. The summed E-state index contributed by atoms with van der Waals surface area (Å²) in [6.07, 6.45) is 0.245. The van der Waals surface area contributed by atoms with Crippen molar-refractivity contribution in [2.75, 3.05) is 17.9 Å². The summed E-state index contributed by atoms with van der Waals surface area (Å²) in [6.45, 7) is 3.30. The number of halogens is 1. The predicted octanol–water partition coefficient (Wildman–Crippen LogP) is 5.54. The molecule has 0 saturated heterocycles. The molecule has 4 aromatic carbocycles. The van der Waals surface area contributed by atoms with Crippen molar-refractivity contribution in [1.29, 1.82) is 0 Å². The molecule has 0 aliphatic rings. The van der Waals surface area contributed by atoms with Gasteiger partial charge in [-0.2, -0.15) is 0 Å². The van der Waals surface area contributed by atoms with Crippen LogP contribution in [0.15, 0.2) is 108 Å². The quantitative estimate of drug-likeness (QED) is 0.244. The minimum absolute atomic E-state index is 0.0683. The molecule has 0 aliphatic carbocycles. The van der Waals surface area contributed by atoms with E-state index in [0.717, 1.165) is 26.6 Å². The molecule has 0 aliphatic heterocycles. The molecule has 1 N–H and O–H groups in total. The highest BCUT2D eigenvalue weighted by Crippen LogP contribution is 2.26. The van der Waals surface area contributed by atoms with Gasteiger partial charge in [-0.1, -0.05) is 83.9 Å². The van der Waals surface area contributed by atoms with Crippen LogP contribution in [-0.2, 0) is 32.6 Å². The number of amides is 2. The number of anilines is 1. The molecule has 0 spiro atoms. The van der Waals surface area contributed by atoms with Gasteiger partial charge in [0.15, 0.2) is 0 Å². The Bertz CT molecular complexity index is 1630. The number of hydrogen-bond acceptors (Lipinski definition) is 4. The second kappa shape index (κ2) is 13.7. The Morgan fingerprint density at radius 1 is 0.810 bits per heavy atom. The number of sulfonamides is 1. The zero-order valence-corrected chi connectivity index (χ0v) is 25.4. The van der Waals surface area contributed by atoms with Crippen molar-refractivity contribution in [3.63, 3.8) is 0 Å². The highest BCUT2D eigenvalue weighted by Gasteiger charge is 2.34. The topological polar surface area (TPSA) is 86.8 Å². The van der Waals surface area contributed by atoms with Crippen molar-refractivity contribution in [2.24, 2.45) is 0 Å². The molecule has 4 aromatic rings. The van der Waals surface area contributed by atoms with Crippen LogP contribution in [0.25, 0.3) is 0 Å². The molecule has 0 bridgehead atoms. The zero-order chi connectivity index (χ0) is 30.3. The van der Waals surface area contributed by atoms with Gasteiger partial charge in [-0.15, -0.1) is 0 Å². The Hall–Kier alpha value is -4.14. The number of rotatable bonds is 11. The summed E-state index contributed by atoms with van der Waals surface area (Å²) in [4.78, 5) is 29.1. The number of nitrogens with zero attached hydrogens (tertiary/aromatic N) is 2. The first-order chi connectivity index (χ1) is 20.1. The lowest BCUT2D eigenvalue weighted by Crippen LogP contribution is -2.53. The van der Waals surface area contributed by atoms with Crippen LogP contribution < -0.4 is 9.62 Å². The first-order valence-electron chi connectivity index (χ1n) is 13.5. The number of aryl methyl sites for hydroxylation is 2. The maximum Gasteiger partial charge on any atom is 0.264 e. The fourth-order valence-electron chi connectivity index (χ4n) is 4.66. The van der Waals surface area contributed by atoms with E-state index >= 15 is 0 Å². The van der Waals surface area contributed by atoms with Crippen LogP contribution in [0.1, 0.15) is 22.3 Å². The van der Waals surface area contributed by atoms with Crippen LogP contribution in [-0.4, -0.2) is 44.8 Å². The third-order valence-corrected chi connectivity index (χ3v) is 9.00. The third kappa shape index (κ3) is 7.57. The zero-order valence-electron chi connectivity index (χ0n) is 23.8. The number of benzene rings is 4. The fourth-order valence-corrected chi connectivity index (χ4v) is 6.19. The van der Waals surface area contributed by atoms with E-state index in [1.807, 2.05) is 50.2 Å². The van der Waals surface area contributed by atoms with E-state index < -0.39 is 28.5 Å². The monoisotopic (exact) mass is 603 g/mol. The number of carbonyl (C=O) groups is 2. The predicted molar refractivity (Wildman–Crippen MR) is 167 cm³/mol. The molecule has 0 fully saturated rings. The molecule has 0 radical (unpaired) electrons. The van der Waals surface area contributed by atoms with Gasteiger partial charge in [0.05, 0.1) is 10.6 Å². The first-order valence-corrected chi connectivity index (χ1v) is 15.4. The van der Waals surface area contributed by atoms with Crippen LogP contribution in [0, 0.1) is 13.8 Å². The van der Waals surface area contributed by atoms with Gasteiger partial charge in [-0.25, -0.2) is 8.42 Å². The summed E-state index contributed by atoms with van der Waals surface area (Å²) in [5.41, 5.74) is 3.72. The molecular formula is C33H34ClN3O4S. The van der Waals surface area contributed by atoms with E-state index in [1.165, 1.54) is 24.1 Å². The third-order valence-electron chi connectivity index (χ3n) is 6.96. The summed E-state index contributed by atoms with van der Waals surface area (Å²) in [5.74, 6) is -0.878. The highest BCUT2D eigenvalue weighted by atomic mass is 35.5. The molecule has 42 heavy (non-hydrogen) atoms. The van der Waals surface area contributed by atoms with Crippen LogP contribution in [0.2, 0.25) is 5.02 Å². The SMILES string of the molecule is CNC(=O)C(Cc1ccccc1)N(Cc1ccc(Cl)cc1)C(=O)CN(c1cccc(C)c1)S(=O)(=O)c1ccc(C)cc1. The second-order valence-corrected chi connectivity index (χ2v) is 12.4. The Kier molecular flexibility index (Phi) is 10.0. The van der Waals surface area contributed by atoms with Crippen molar-refractivity contribution in [3.05, 3.63) is 130 Å². The van der Waals surface area contributed by atoms with Gasteiger partial charge < -0.3 is 10.2 Å². The van der Waals surface area contributed by atoms with Crippen molar-refractivity contribution in [3.8, 4) is 0 Å². The van der Waals surface area contributed by atoms with Gasteiger partial charge >= 0.3 is 0 Å². The lowest BCUT2D eigenvalue weighted by atomic mass is 10.0. The summed E-state index contributed by atoms with van der Waals surface area (Å²) >= 11 is 6.10.